The topological polar surface area (TPSA) is 48.7 Å². The lowest BCUT2D eigenvalue weighted by Gasteiger charge is -2.08. The Morgan fingerprint density at radius 3 is 2.60 bits per heavy atom. The number of rotatable bonds is 6. The summed E-state index contributed by atoms with van der Waals surface area (Å²) >= 11 is 6.56. The highest BCUT2D eigenvalue weighted by Gasteiger charge is 2.15. The molecule has 0 saturated heterocycles. The Balaban J connectivity index is 2.14. The average molecular weight is 404 g/mol. The minimum Gasteiger partial charge on any atom is -0.490 e. The van der Waals surface area contributed by atoms with Crippen LogP contribution in [0.1, 0.15) is 16.1 Å². The first-order chi connectivity index (χ1) is 9.61. The Hall–Kier alpha value is -1.11. The highest BCUT2D eigenvalue weighted by molar-refractivity contribution is 9.10. The Labute approximate surface area is 133 Å². The predicted molar refractivity (Wildman–Crippen MR) is 81.4 cm³/mol. The summed E-state index contributed by atoms with van der Waals surface area (Å²) in [6.07, 6.45) is 0. The van der Waals surface area contributed by atoms with Gasteiger partial charge < -0.3 is 13.9 Å². The predicted octanol–water partition coefficient (Wildman–Crippen LogP) is 4.06. The minimum absolute atomic E-state index is 0.181. The van der Waals surface area contributed by atoms with Gasteiger partial charge in [0.1, 0.15) is 12.4 Å². The normalized spacial score (nSPS) is 10.6. The van der Waals surface area contributed by atoms with Crippen LogP contribution in [0.25, 0.3) is 0 Å². The molecule has 0 bridgehead atoms. The molecule has 0 fully saturated rings. The molecule has 20 heavy (non-hydrogen) atoms. The molecule has 0 spiro atoms. The maximum Gasteiger partial charge on any atom is 0.228 e. The molecule has 0 aliphatic rings. The molecule has 0 amide bonds. The van der Waals surface area contributed by atoms with E-state index in [2.05, 4.69) is 31.9 Å². The highest BCUT2D eigenvalue weighted by Crippen LogP contribution is 2.27. The van der Waals surface area contributed by atoms with Gasteiger partial charge in [-0.2, -0.15) is 0 Å². The molecule has 106 valence electrons. The maximum absolute atomic E-state index is 12.2. The molecule has 0 radical (unpaired) electrons. The molecule has 0 unspecified atom stereocenters. The van der Waals surface area contributed by atoms with Gasteiger partial charge in [0, 0.05) is 12.7 Å². The number of hydrogen-bond donors (Lipinski definition) is 0. The van der Waals surface area contributed by atoms with Gasteiger partial charge in [0.15, 0.2) is 10.4 Å². The van der Waals surface area contributed by atoms with Crippen molar-refractivity contribution in [1.29, 1.82) is 0 Å². The fourth-order valence-corrected chi connectivity index (χ4v) is 2.37. The van der Waals surface area contributed by atoms with Gasteiger partial charge in [-0.3, -0.25) is 4.79 Å². The summed E-state index contributed by atoms with van der Waals surface area (Å²) < 4.78 is 16.9. The van der Waals surface area contributed by atoms with Crippen LogP contribution in [0.5, 0.6) is 5.75 Å². The lowest BCUT2D eigenvalue weighted by atomic mass is 10.1. The molecular weight excluding hydrogens is 392 g/mol. The number of methoxy groups -OCH3 is 1. The van der Waals surface area contributed by atoms with Crippen LogP contribution in [-0.4, -0.2) is 26.1 Å². The minimum atomic E-state index is -0.181. The number of ether oxygens (including phenoxy) is 2. The van der Waals surface area contributed by atoms with E-state index < -0.39 is 0 Å². The van der Waals surface area contributed by atoms with Gasteiger partial charge in [0.05, 0.1) is 11.1 Å². The van der Waals surface area contributed by atoms with Gasteiger partial charge in [-0.1, -0.05) is 0 Å². The molecule has 0 saturated carbocycles. The molecule has 0 atom stereocenters. The molecule has 0 N–H and O–H groups in total. The molecular formula is C14H12Br2O4. The van der Waals surface area contributed by atoms with E-state index >= 15 is 0 Å². The summed E-state index contributed by atoms with van der Waals surface area (Å²) in [5.74, 6) is 0.774. The number of ketones is 1. The fourth-order valence-electron chi connectivity index (χ4n) is 1.57. The van der Waals surface area contributed by atoms with Crippen molar-refractivity contribution in [3.8, 4) is 5.75 Å². The quantitative estimate of drug-likeness (QED) is 0.539. The fraction of sp³-hybridized carbons (Fsp3) is 0.214. The molecule has 4 nitrogen and oxygen atoms in total. The van der Waals surface area contributed by atoms with Crippen LogP contribution in [0, 0.1) is 0 Å². The first kappa shape index (κ1) is 15.3. The summed E-state index contributed by atoms with van der Waals surface area (Å²) in [5, 5.41) is 0. The summed E-state index contributed by atoms with van der Waals surface area (Å²) in [6, 6.07) is 8.46. The second kappa shape index (κ2) is 7.06. The van der Waals surface area contributed by atoms with E-state index in [1.165, 1.54) is 0 Å². The van der Waals surface area contributed by atoms with Crippen LogP contribution in [-0.2, 0) is 4.74 Å². The number of benzene rings is 1. The Morgan fingerprint density at radius 1 is 1.20 bits per heavy atom. The van der Waals surface area contributed by atoms with Gasteiger partial charge in [0.2, 0.25) is 5.78 Å². The van der Waals surface area contributed by atoms with E-state index in [1.54, 1.807) is 37.4 Å². The van der Waals surface area contributed by atoms with Crippen LogP contribution in [0.2, 0.25) is 0 Å². The van der Waals surface area contributed by atoms with Crippen molar-refractivity contribution >= 4 is 37.6 Å². The lowest BCUT2D eigenvalue weighted by molar-refractivity contribution is 0.101. The monoisotopic (exact) mass is 402 g/mol. The second-order valence-corrected chi connectivity index (χ2v) is 5.56. The molecule has 1 aromatic carbocycles. The van der Waals surface area contributed by atoms with Crippen LogP contribution in [0.4, 0.5) is 0 Å². The van der Waals surface area contributed by atoms with Gasteiger partial charge in [-0.25, -0.2) is 0 Å². The highest BCUT2D eigenvalue weighted by atomic mass is 79.9. The zero-order chi connectivity index (χ0) is 14.5. The van der Waals surface area contributed by atoms with Gasteiger partial charge in [-0.15, -0.1) is 0 Å². The van der Waals surface area contributed by atoms with E-state index in [4.69, 9.17) is 13.9 Å². The largest absolute Gasteiger partial charge is 0.490 e. The molecule has 2 aromatic rings. The molecule has 1 aromatic heterocycles. The molecule has 6 heteroatoms. The SMILES string of the molecule is COCCOc1ccc(C(=O)c2ccc(Br)o2)cc1Br. The van der Waals surface area contributed by atoms with Crippen molar-refractivity contribution < 1.29 is 18.7 Å². The van der Waals surface area contributed by atoms with Crippen molar-refractivity contribution in [2.45, 2.75) is 0 Å². The van der Waals surface area contributed by atoms with Crippen molar-refractivity contribution in [3.05, 3.63) is 50.8 Å². The maximum atomic E-state index is 12.2. The lowest BCUT2D eigenvalue weighted by Crippen LogP contribution is -2.05. The van der Waals surface area contributed by atoms with Crippen molar-refractivity contribution in [1.82, 2.24) is 0 Å². The first-order valence-corrected chi connectivity index (χ1v) is 7.41. The molecule has 2 rings (SSSR count). The zero-order valence-electron chi connectivity index (χ0n) is 10.7. The number of furan rings is 1. The van der Waals surface area contributed by atoms with E-state index in [0.29, 0.717) is 33.7 Å². The Kier molecular flexibility index (Phi) is 5.39. The van der Waals surface area contributed by atoms with Crippen molar-refractivity contribution in [2.24, 2.45) is 0 Å². The molecule has 1 heterocycles. The standard InChI is InChI=1S/C14H12Br2O4/c1-18-6-7-19-11-3-2-9(8-10(11)15)14(17)12-4-5-13(16)20-12/h2-5,8H,6-7H2,1H3. The van der Waals surface area contributed by atoms with Gasteiger partial charge in [-0.05, 0) is 62.2 Å². The van der Waals surface area contributed by atoms with E-state index in [9.17, 15) is 4.79 Å². The number of carbonyl (C=O) groups is 1. The van der Waals surface area contributed by atoms with Gasteiger partial charge in [0.25, 0.3) is 0 Å². The number of carbonyl (C=O) groups excluding carboxylic acids is 1. The van der Waals surface area contributed by atoms with Gasteiger partial charge >= 0.3 is 0 Å². The summed E-state index contributed by atoms with van der Waals surface area (Å²) in [4.78, 5) is 12.2. The number of hydrogen-bond acceptors (Lipinski definition) is 4. The first-order valence-electron chi connectivity index (χ1n) is 5.83. The van der Waals surface area contributed by atoms with E-state index in [0.717, 1.165) is 0 Å². The summed E-state index contributed by atoms with van der Waals surface area (Å²) in [5.41, 5.74) is 0.526. The number of halogens is 2. The average Bonchev–Trinajstić information content (AvgIpc) is 2.86. The third-order valence-corrected chi connectivity index (χ3v) is 3.58. The molecule has 0 aliphatic heterocycles. The smallest absolute Gasteiger partial charge is 0.228 e. The Morgan fingerprint density at radius 2 is 2.00 bits per heavy atom. The van der Waals surface area contributed by atoms with Crippen molar-refractivity contribution in [3.63, 3.8) is 0 Å². The summed E-state index contributed by atoms with van der Waals surface area (Å²) in [6.45, 7) is 0.959. The summed E-state index contributed by atoms with van der Waals surface area (Å²) in [7, 11) is 1.61. The van der Waals surface area contributed by atoms with Crippen LogP contribution >= 0.6 is 31.9 Å². The van der Waals surface area contributed by atoms with Crippen LogP contribution in [0.15, 0.2) is 43.9 Å². The van der Waals surface area contributed by atoms with E-state index in [1.807, 2.05) is 0 Å². The Bertz CT molecular complexity index is 607. The van der Waals surface area contributed by atoms with Crippen LogP contribution < -0.4 is 4.74 Å². The zero-order valence-corrected chi connectivity index (χ0v) is 13.9. The third kappa shape index (κ3) is 3.71. The van der Waals surface area contributed by atoms with Crippen LogP contribution in [0.3, 0.4) is 0 Å². The van der Waals surface area contributed by atoms with Crippen molar-refractivity contribution in [2.75, 3.05) is 20.3 Å². The second-order valence-electron chi connectivity index (χ2n) is 3.92. The van der Waals surface area contributed by atoms with E-state index in [-0.39, 0.29) is 11.5 Å². The third-order valence-electron chi connectivity index (χ3n) is 2.54. The molecule has 0 aliphatic carbocycles.